The highest BCUT2D eigenvalue weighted by Gasteiger charge is 2.16. The number of benzene rings is 1. The Morgan fingerprint density at radius 1 is 1.58 bits per heavy atom. The zero-order chi connectivity index (χ0) is 13.7. The van der Waals surface area contributed by atoms with Gasteiger partial charge in [-0.25, -0.2) is 0 Å². The number of nitriles is 1. The lowest BCUT2D eigenvalue weighted by Gasteiger charge is -2.10. The average molecular weight is 278 g/mol. The molecule has 1 amide bonds. The Bertz CT molecular complexity index is 504. The number of nitrogens with zero attached hydrogens (tertiary/aromatic N) is 1. The number of hydrogen-bond acceptors (Lipinski definition) is 3. The first-order valence-electron chi connectivity index (χ1n) is 6.39. The van der Waals surface area contributed by atoms with Gasteiger partial charge in [0.25, 0.3) is 0 Å². The summed E-state index contributed by atoms with van der Waals surface area (Å²) in [5, 5.41) is 15.3. The van der Waals surface area contributed by atoms with Crippen LogP contribution in [0, 0.1) is 17.2 Å². The Morgan fingerprint density at radius 3 is 3.11 bits per heavy atom. The van der Waals surface area contributed by atoms with Gasteiger partial charge in [0, 0.05) is 6.42 Å². The molecule has 0 spiro atoms. The molecule has 19 heavy (non-hydrogen) atoms. The molecule has 1 aliphatic heterocycles. The number of amides is 1. The second-order valence-electron chi connectivity index (χ2n) is 4.75. The Labute approximate surface area is 117 Å². The van der Waals surface area contributed by atoms with Gasteiger partial charge >= 0.3 is 0 Å². The molecule has 1 heterocycles. The minimum absolute atomic E-state index is 0.0520. The number of carbonyl (C=O) groups excluding carboxylic acids is 1. The Morgan fingerprint density at radius 2 is 2.42 bits per heavy atom. The van der Waals surface area contributed by atoms with E-state index in [4.69, 9.17) is 16.9 Å². The summed E-state index contributed by atoms with van der Waals surface area (Å²) in [7, 11) is 0. The van der Waals surface area contributed by atoms with Gasteiger partial charge < -0.3 is 10.6 Å². The van der Waals surface area contributed by atoms with Crippen molar-refractivity contribution in [2.45, 2.75) is 19.3 Å². The molecule has 5 heteroatoms. The Kier molecular flexibility index (Phi) is 4.78. The lowest BCUT2D eigenvalue weighted by molar-refractivity contribution is -0.116. The average Bonchev–Trinajstić information content (AvgIpc) is 2.92. The molecule has 1 aromatic carbocycles. The smallest absolute Gasteiger partial charge is 0.224 e. The number of anilines is 1. The second kappa shape index (κ2) is 6.55. The van der Waals surface area contributed by atoms with Gasteiger partial charge in [-0.3, -0.25) is 4.79 Å². The van der Waals surface area contributed by atoms with Crippen molar-refractivity contribution in [1.82, 2.24) is 5.32 Å². The number of carbonyl (C=O) groups is 1. The van der Waals surface area contributed by atoms with Crippen LogP contribution >= 0.6 is 11.6 Å². The summed E-state index contributed by atoms with van der Waals surface area (Å²) in [6.45, 7) is 2.04. The molecular weight excluding hydrogens is 262 g/mol. The molecule has 0 aromatic heterocycles. The quantitative estimate of drug-likeness (QED) is 0.889. The van der Waals surface area contributed by atoms with E-state index in [2.05, 4.69) is 10.6 Å². The van der Waals surface area contributed by atoms with Gasteiger partial charge in [-0.2, -0.15) is 5.26 Å². The van der Waals surface area contributed by atoms with Crippen molar-refractivity contribution in [3.63, 3.8) is 0 Å². The normalized spacial score (nSPS) is 18.0. The molecule has 2 N–H and O–H groups in total. The number of hydrogen-bond donors (Lipinski definition) is 2. The third kappa shape index (κ3) is 3.95. The lowest BCUT2D eigenvalue weighted by atomic mass is 10.0. The van der Waals surface area contributed by atoms with Gasteiger partial charge in [-0.15, -0.1) is 0 Å². The minimum Gasteiger partial charge on any atom is -0.325 e. The molecule has 0 saturated carbocycles. The maximum Gasteiger partial charge on any atom is 0.224 e. The van der Waals surface area contributed by atoms with Crippen LogP contribution in [0.4, 0.5) is 5.69 Å². The summed E-state index contributed by atoms with van der Waals surface area (Å²) in [5.74, 6) is 0.538. The van der Waals surface area contributed by atoms with Crippen LogP contribution in [0.5, 0.6) is 0 Å². The van der Waals surface area contributed by atoms with E-state index in [0.717, 1.165) is 25.9 Å². The van der Waals surface area contributed by atoms with Crippen molar-refractivity contribution in [3.05, 3.63) is 28.8 Å². The van der Waals surface area contributed by atoms with Gasteiger partial charge in [0.1, 0.15) is 0 Å². The zero-order valence-corrected chi connectivity index (χ0v) is 11.3. The van der Waals surface area contributed by atoms with Crippen LogP contribution in [-0.2, 0) is 4.79 Å². The molecule has 2 rings (SSSR count). The fourth-order valence-corrected chi connectivity index (χ4v) is 2.36. The van der Waals surface area contributed by atoms with Crippen molar-refractivity contribution >= 4 is 23.2 Å². The highest BCUT2D eigenvalue weighted by Crippen LogP contribution is 2.23. The number of halogens is 1. The lowest BCUT2D eigenvalue weighted by Crippen LogP contribution is -2.15. The first-order chi connectivity index (χ1) is 9.19. The molecule has 100 valence electrons. The van der Waals surface area contributed by atoms with Crippen LogP contribution in [-0.4, -0.2) is 19.0 Å². The third-order valence-corrected chi connectivity index (χ3v) is 3.64. The molecule has 1 aromatic rings. The molecule has 1 atom stereocenters. The van der Waals surface area contributed by atoms with Crippen LogP contribution in [0.2, 0.25) is 5.02 Å². The van der Waals surface area contributed by atoms with Crippen LogP contribution < -0.4 is 10.6 Å². The van der Waals surface area contributed by atoms with Crippen molar-refractivity contribution < 1.29 is 4.79 Å². The highest BCUT2D eigenvalue weighted by atomic mass is 35.5. The van der Waals surface area contributed by atoms with Gasteiger partial charge in [-0.1, -0.05) is 11.6 Å². The summed E-state index contributed by atoms with van der Waals surface area (Å²) >= 11 is 5.99. The van der Waals surface area contributed by atoms with Gasteiger partial charge in [0.2, 0.25) is 5.91 Å². The van der Waals surface area contributed by atoms with E-state index in [9.17, 15) is 4.79 Å². The maximum atomic E-state index is 11.8. The van der Waals surface area contributed by atoms with E-state index in [1.165, 1.54) is 0 Å². The summed E-state index contributed by atoms with van der Waals surface area (Å²) in [4.78, 5) is 11.8. The minimum atomic E-state index is -0.0520. The van der Waals surface area contributed by atoms with Crippen LogP contribution in [0.3, 0.4) is 0 Å². The monoisotopic (exact) mass is 277 g/mol. The zero-order valence-electron chi connectivity index (χ0n) is 10.6. The number of nitrogens with one attached hydrogen (secondary N) is 2. The molecule has 0 aliphatic carbocycles. The summed E-state index contributed by atoms with van der Waals surface area (Å²) in [6.07, 6.45) is 2.51. The first kappa shape index (κ1) is 13.9. The Balaban J connectivity index is 1.89. The first-order valence-corrected chi connectivity index (χ1v) is 6.77. The molecule has 1 fully saturated rings. The third-order valence-electron chi connectivity index (χ3n) is 3.31. The largest absolute Gasteiger partial charge is 0.325 e. The van der Waals surface area contributed by atoms with E-state index < -0.39 is 0 Å². The van der Waals surface area contributed by atoms with E-state index in [0.29, 0.717) is 28.6 Å². The summed E-state index contributed by atoms with van der Waals surface area (Å²) < 4.78 is 0. The van der Waals surface area contributed by atoms with Gasteiger partial charge in [-0.05, 0) is 50.0 Å². The predicted octanol–water partition coefficient (Wildman–Crippen LogP) is 2.54. The molecule has 1 saturated heterocycles. The van der Waals surface area contributed by atoms with E-state index in [-0.39, 0.29) is 5.91 Å². The van der Waals surface area contributed by atoms with Crippen LogP contribution in [0.25, 0.3) is 0 Å². The van der Waals surface area contributed by atoms with Gasteiger partial charge in [0.05, 0.1) is 22.3 Å². The topological polar surface area (TPSA) is 64.9 Å². The molecule has 1 unspecified atom stereocenters. The molecular formula is C14H16ClN3O. The molecule has 1 aliphatic rings. The maximum absolute atomic E-state index is 11.8. The molecule has 4 nitrogen and oxygen atoms in total. The van der Waals surface area contributed by atoms with Crippen LogP contribution in [0.15, 0.2) is 18.2 Å². The summed E-state index contributed by atoms with van der Waals surface area (Å²) in [5.41, 5.74) is 0.995. The van der Waals surface area contributed by atoms with E-state index >= 15 is 0 Å². The predicted molar refractivity (Wildman–Crippen MR) is 75.0 cm³/mol. The fraction of sp³-hybridized carbons (Fsp3) is 0.429. The highest BCUT2D eigenvalue weighted by molar-refractivity contribution is 6.33. The van der Waals surface area contributed by atoms with Crippen molar-refractivity contribution in [2.75, 3.05) is 18.4 Å². The van der Waals surface area contributed by atoms with Crippen molar-refractivity contribution in [3.8, 4) is 6.07 Å². The van der Waals surface area contributed by atoms with Crippen LogP contribution in [0.1, 0.15) is 24.8 Å². The van der Waals surface area contributed by atoms with Crippen molar-refractivity contribution in [2.24, 2.45) is 5.92 Å². The van der Waals surface area contributed by atoms with Gasteiger partial charge in [0.15, 0.2) is 0 Å². The van der Waals surface area contributed by atoms with E-state index in [1.807, 2.05) is 6.07 Å². The molecule has 0 bridgehead atoms. The molecule has 0 radical (unpaired) electrons. The SMILES string of the molecule is N#Cc1ccc(Cl)c(NC(=O)CCC2CCNC2)c1. The second-order valence-corrected chi connectivity index (χ2v) is 5.16. The number of rotatable bonds is 4. The summed E-state index contributed by atoms with van der Waals surface area (Å²) in [6, 6.07) is 6.87. The van der Waals surface area contributed by atoms with E-state index in [1.54, 1.807) is 18.2 Å². The van der Waals surface area contributed by atoms with Crippen molar-refractivity contribution in [1.29, 1.82) is 5.26 Å². The Hall–Kier alpha value is -1.57. The fourth-order valence-electron chi connectivity index (χ4n) is 2.20. The standard InChI is InChI=1S/C14H16ClN3O/c15-12-3-1-11(8-16)7-13(12)18-14(19)4-2-10-5-6-17-9-10/h1,3,7,10,17H,2,4-6,9H2,(H,18,19).